The number of imidazole rings is 1. The molecule has 3 rings (SSSR count). The molecule has 0 saturated carbocycles. The third-order valence-corrected chi connectivity index (χ3v) is 3.11. The summed E-state index contributed by atoms with van der Waals surface area (Å²) < 4.78 is 1.62. The molecule has 19 heavy (non-hydrogen) atoms. The summed E-state index contributed by atoms with van der Waals surface area (Å²) in [7, 11) is 0. The van der Waals surface area contributed by atoms with Crippen molar-refractivity contribution in [1.29, 1.82) is 0 Å². The number of nitrogens with two attached hydrogens (primary N) is 2. The highest BCUT2D eigenvalue weighted by atomic mass is 16.1. The lowest BCUT2D eigenvalue weighted by atomic mass is 10.2. The smallest absolute Gasteiger partial charge is 0.331 e. The van der Waals surface area contributed by atoms with Crippen LogP contribution in [0.25, 0.3) is 16.7 Å². The summed E-state index contributed by atoms with van der Waals surface area (Å²) in [6.07, 6.45) is 0. The van der Waals surface area contributed by atoms with Gasteiger partial charge in [0.2, 0.25) is 0 Å². The van der Waals surface area contributed by atoms with Gasteiger partial charge in [0.05, 0.1) is 16.7 Å². The van der Waals surface area contributed by atoms with Crippen LogP contribution in [0.2, 0.25) is 0 Å². The van der Waals surface area contributed by atoms with E-state index in [0.29, 0.717) is 12.2 Å². The molecule has 0 atom stereocenters. The molecular formula is C14H14N4O. The average Bonchev–Trinajstić information content (AvgIpc) is 2.73. The van der Waals surface area contributed by atoms with Crippen LogP contribution < -0.4 is 17.2 Å². The summed E-state index contributed by atoms with van der Waals surface area (Å²) in [6, 6.07) is 13.0. The van der Waals surface area contributed by atoms with Gasteiger partial charge in [-0.3, -0.25) is 4.57 Å². The standard InChI is InChI=1S/C14H14N4O/c15-8-9-2-1-3-11(6-9)18-13-5-4-10(16)7-12(13)17-14(18)19/h1-7H,8,15-16H2,(H,17,19). The highest BCUT2D eigenvalue weighted by Gasteiger charge is 2.08. The zero-order valence-electron chi connectivity index (χ0n) is 10.3. The third kappa shape index (κ3) is 1.90. The summed E-state index contributed by atoms with van der Waals surface area (Å²) >= 11 is 0. The Labute approximate surface area is 109 Å². The van der Waals surface area contributed by atoms with Gasteiger partial charge >= 0.3 is 5.69 Å². The van der Waals surface area contributed by atoms with Gasteiger partial charge in [-0.05, 0) is 35.9 Å². The summed E-state index contributed by atoms with van der Waals surface area (Å²) in [5.74, 6) is 0. The lowest BCUT2D eigenvalue weighted by Gasteiger charge is -2.05. The molecule has 0 fully saturated rings. The third-order valence-electron chi connectivity index (χ3n) is 3.11. The second-order valence-electron chi connectivity index (χ2n) is 4.42. The molecular weight excluding hydrogens is 240 g/mol. The minimum Gasteiger partial charge on any atom is -0.399 e. The van der Waals surface area contributed by atoms with Crippen LogP contribution in [0.5, 0.6) is 0 Å². The van der Waals surface area contributed by atoms with Gasteiger partial charge in [0, 0.05) is 12.2 Å². The molecule has 1 heterocycles. The number of nitrogens with one attached hydrogen (secondary N) is 1. The van der Waals surface area contributed by atoms with E-state index in [2.05, 4.69) is 4.98 Å². The van der Waals surface area contributed by atoms with Gasteiger partial charge in [0.15, 0.2) is 0 Å². The monoisotopic (exact) mass is 254 g/mol. The van der Waals surface area contributed by atoms with Crippen LogP contribution in [-0.4, -0.2) is 9.55 Å². The molecule has 1 aromatic heterocycles. The maximum absolute atomic E-state index is 12.1. The quantitative estimate of drug-likeness (QED) is 0.603. The Morgan fingerprint density at radius 1 is 1.16 bits per heavy atom. The number of nitrogens with zero attached hydrogens (tertiary/aromatic N) is 1. The Hall–Kier alpha value is -2.53. The molecule has 2 aromatic carbocycles. The van der Waals surface area contributed by atoms with Crippen molar-refractivity contribution in [2.24, 2.45) is 5.73 Å². The minimum absolute atomic E-state index is 0.185. The van der Waals surface area contributed by atoms with Crippen LogP contribution in [0, 0.1) is 0 Å². The number of fused-ring (bicyclic) bond motifs is 1. The molecule has 96 valence electrons. The molecule has 0 unspecified atom stereocenters. The maximum atomic E-state index is 12.1. The van der Waals surface area contributed by atoms with Gasteiger partial charge < -0.3 is 16.5 Å². The summed E-state index contributed by atoms with van der Waals surface area (Å²) in [4.78, 5) is 14.9. The first-order valence-corrected chi connectivity index (χ1v) is 5.98. The summed E-state index contributed by atoms with van der Waals surface area (Å²) in [6.45, 7) is 0.442. The fraction of sp³-hybridized carbons (Fsp3) is 0.0714. The van der Waals surface area contributed by atoms with Gasteiger partial charge in [-0.1, -0.05) is 12.1 Å². The number of nitrogen functional groups attached to an aromatic ring is 1. The van der Waals surface area contributed by atoms with Crippen LogP contribution in [0.3, 0.4) is 0 Å². The van der Waals surface area contributed by atoms with Crippen molar-refractivity contribution >= 4 is 16.7 Å². The van der Waals surface area contributed by atoms with Gasteiger partial charge in [0.25, 0.3) is 0 Å². The van der Waals surface area contributed by atoms with Gasteiger partial charge in [0.1, 0.15) is 0 Å². The summed E-state index contributed by atoms with van der Waals surface area (Å²) in [5, 5.41) is 0. The molecule has 0 amide bonds. The summed E-state index contributed by atoms with van der Waals surface area (Å²) in [5.41, 5.74) is 15.1. The molecule has 0 spiro atoms. The van der Waals surface area contributed by atoms with E-state index >= 15 is 0 Å². The first-order valence-electron chi connectivity index (χ1n) is 5.98. The van der Waals surface area contributed by atoms with E-state index in [0.717, 1.165) is 22.3 Å². The number of aromatic nitrogens is 2. The van der Waals surface area contributed by atoms with Crippen molar-refractivity contribution in [2.75, 3.05) is 5.73 Å². The number of hydrogen-bond donors (Lipinski definition) is 3. The van der Waals surface area contributed by atoms with E-state index in [1.54, 1.807) is 16.7 Å². The average molecular weight is 254 g/mol. The van der Waals surface area contributed by atoms with Crippen LogP contribution in [0.15, 0.2) is 47.3 Å². The fourth-order valence-corrected chi connectivity index (χ4v) is 2.21. The van der Waals surface area contributed by atoms with E-state index in [1.165, 1.54) is 0 Å². The number of rotatable bonds is 2. The van der Waals surface area contributed by atoms with Crippen LogP contribution in [-0.2, 0) is 6.54 Å². The second kappa shape index (κ2) is 4.29. The van der Waals surface area contributed by atoms with E-state index in [4.69, 9.17) is 11.5 Å². The Bertz CT molecular complexity index is 801. The predicted molar refractivity (Wildman–Crippen MR) is 76.2 cm³/mol. The van der Waals surface area contributed by atoms with Crippen molar-refractivity contribution < 1.29 is 0 Å². The number of benzene rings is 2. The van der Waals surface area contributed by atoms with Crippen LogP contribution in [0.4, 0.5) is 5.69 Å². The Morgan fingerprint density at radius 3 is 2.79 bits per heavy atom. The number of hydrogen-bond acceptors (Lipinski definition) is 3. The Kier molecular flexibility index (Phi) is 2.61. The van der Waals surface area contributed by atoms with Crippen LogP contribution in [0.1, 0.15) is 5.56 Å². The zero-order chi connectivity index (χ0) is 13.4. The van der Waals surface area contributed by atoms with Gasteiger partial charge in [-0.2, -0.15) is 0 Å². The normalized spacial score (nSPS) is 11.0. The zero-order valence-corrected chi connectivity index (χ0v) is 10.3. The lowest BCUT2D eigenvalue weighted by Crippen LogP contribution is -2.14. The van der Waals surface area contributed by atoms with E-state index < -0.39 is 0 Å². The van der Waals surface area contributed by atoms with Crippen molar-refractivity contribution in [3.8, 4) is 5.69 Å². The van der Waals surface area contributed by atoms with Gasteiger partial charge in [-0.15, -0.1) is 0 Å². The SMILES string of the molecule is NCc1cccc(-n2c(=O)[nH]c3cc(N)ccc32)c1. The Morgan fingerprint density at radius 2 is 2.00 bits per heavy atom. The maximum Gasteiger partial charge on any atom is 0.331 e. The lowest BCUT2D eigenvalue weighted by molar-refractivity contribution is 0.999. The largest absolute Gasteiger partial charge is 0.399 e. The first-order chi connectivity index (χ1) is 9.19. The van der Waals surface area contributed by atoms with Crippen molar-refractivity contribution in [2.45, 2.75) is 6.54 Å². The molecule has 5 nitrogen and oxygen atoms in total. The highest BCUT2D eigenvalue weighted by Crippen LogP contribution is 2.18. The molecule has 0 saturated heterocycles. The molecule has 3 aromatic rings. The molecule has 5 N–H and O–H groups in total. The second-order valence-corrected chi connectivity index (χ2v) is 4.42. The van der Waals surface area contributed by atoms with Crippen molar-refractivity contribution in [3.05, 3.63) is 58.5 Å². The van der Waals surface area contributed by atoms with Crippen LogP contribution >= 0.6 is 0 Å². The minimum atomic E-state index is -0.185. The molecule has 0 radical (unpaired) electrons. The number of aromatic amines is 1. The number of H-pyrrole nitrogens is 1. The molecule has 0 aliphatic rings. The first kappa shape index (κ1) is 11.6. The molecule has 0 bridgehead atoms. The number of anilines is 1. The van der Waals surface area contributed by atoms with Crippen molar-refractivity contribution in [3.63, 3.8) is 0 Å². The van der Waals surface area contributed by atoms with Gasteiger partial charge in [-0.25, -0.2) is 4.79 Å². The molecule has 5 heteroatoms. The molecule has 0 aliphatic carbocycles. The van der Waals surface area contributed by atoms with Crippen molar-refractivity contribution in [1.82, 2.24) is 9.55 Å². The van der Waals surface area contributed by atoms with E-state index in [1.807, 2.05) is 30.3 Å². The fourth-order valence-electron chi connectivity index (χ4n) is 2.21. The molecule has 0 aliphatic heterocycles. The predicted octanol–water partition coefficient (Wildman–Crippen LogP) is 1.36. The van der Waals surface area contributed by atoms with E-state index in [-0.39, 0.29) is 5.69 Å². The topological polar surface area (TPSA) is 89.8 Å². The Balaban J connectivity index is 2.29. The van der Waals surface area contributed by atoms with E-state index in [9.17, 15) is 4.79 Å². The highest BCUT2D eigenvalue weighted by molar-refractivity contribution is 5.80.